The normalized spacial score (nSPS) is 20.1. The van der Waals surface area contributed by atoms with Gasteiger partial charge in [-0.15, -0.1) is 0 Å². The predicted molar refractivity (Wildman–Crippen MR) is 78.2 cm³/mol. The monoisotopic (exact) mass is 260 g/mol. The Bertz CT molecular complexity index is 444. The molecule has 3 atom stereocenters. The van der Waals surface area contributed by atoms with Gasteiger partial charge in [0.2, 0.25) is 5.91 Å². The first kappa shape index (κ1) is 14.1. The van der Waals surface area contributed by atoms with Gasteiger partial charge in [0.15, 0.2) is 0 Å². The van der Waals surface area contributed by atoms with Crippen molar-refractivity contribution < 1.29 is 4.79 Å². The number of nitrogens with one attached hydrogen (secondary N) is 2. The third-order valence-corrected chi connectivity index (χ3v) is 4.03. The number of benzene rings is 1. The van der Waals surface area contributed by atoms with Crippen LogP contribution in [0.25, 0.3) is 0 Å². The Hall–Kier alpha value is -1.35. The fourth-order valence-corrected chi connectivity index (χ4v) is 2.43. The summed E-state index contributed by atoms with van der Waals surface area (Å²) in [6.07, 6.45) is 2.09. The molecule has 0 heterocycles. The Labute approximate surface area is 115 Å². The maximum Gasteiger partial charge on any atom is 0.237 e. The van der Waals surface area contributed by atoms with Crippen LogP contribution in [-0.2, 0) is 11.2 Å². The van der Waals surface area contributed by atoms with E-state index in [4.69, 9.17) is 0 Å². The Morgan fingerprint density at radius 3 is 2.79 bits per heavy atom. The highest BCUT2D eigenvalue weighted by atomic mass is 16.2. The number of rotatable bonds is 6. The van der Waals surface area contributed by atoms with Crippen LogP contribution >= 0.6 is 0 Å². The molecule has 1 aliphatic carbocycles. The Balaban J connectivity index is 1.76. The summed E-state index contributed by atoms with van der Waals surface area (Å²) in [5.41, 5.74) is 2.88. The molecule has 3 heteroatoms. The molecule has 0 radical (unpaired) electrons. The van der Waals surface area contributed by atoms with Crippen LogP contribution in [0.2, 0.25) is 0 Å². The molecule has 1 aliphatic rings. The van der Waals surface area contributed by atoms with Crippen molar-refractivity contribution in [2.24, 2.45) is 0 Å². The summed E-state index contributed by atoms with van der Waals surface area (Å²) in [7, 11) is 0. The summed E-state index contributed by atoms with van der Waals surface area (Å²) in [6, 6.07) is 8.68. The van der Waals surface area contributed by atoms with Gasteiger partial charge >= 0.3 is 0 Å². The van der Waals surface area contributed by atoms with Crippen LogP contribution in [0.1, 0.15) is 44.2 Å². The molecule has 0 saturated carbocycles. The van der Waals surface area contributed by atoms with Gasteiger partial charge in [-0.25, -0.2) is 0 Å². The van der Waals surface area contributed by atoms with Gasteiger partial charge in [-0.1, -0.05) is 31.2 Å². The van der Waals surface area contributed by atoms with Gasteiger partial charge in [-0.2, -0.15) is 0 Å². The minimum atomic E-state index is -0.123. The van der Waals surface area contributed by atoms with Gasteiger partial charge in [0.25, 0.3) is 0 Å². The van der Waals surface area contributed by atoms with Crippen molar-refractivity contribution in [1.29, 1.82) is 0 Å². The molecular weight excluding hydrogens is 236 g/mol. The second kappa shape index (κ2) is 6.20. The molecule has 1 aromatic rings. The predicted octanol–water partition coefficient (Wildman–Crippen LogP) is 2.22. The van der Waals surface area contributed by atoms with E-state index in [9.17, 15) is 4.79 Å². The third-order valence-electron chi connectivity index (χ3n) is 4.03. The van der Waals surface area contributed by atoms with E-state index in [0.717, 1.165) is 19.4 Å². The quantitative estimate of drug-likeness (QED) is 0.823. The van der Waals surface area contributed by atoms with Crippen molar-refractivity contribution in [2.45, 2.75) is 51.6 Å². The molecule has 3 nitrogen and oxygen atoms in total. The summed E-state index contributed by atoms with van der Waals surface area (Å²) in [5, 5.41) is 6.35. The lowest BCUT2D eigenvalue weighted by atomic mass is 9.77. The molecule has 0 spiro atoms. The van der Waals surface area contributed by atoms with Crippen molar-refractivity contribution in [3.63, 3.8) is 0 Å². The van der Waals surface area contributed by atoms with Crippen molar-refractivity contribution in [1.82, 2.24) is 10.6 Å². The summed E-state index contributed by atoms with van der Waals surface area (Å²) in [6.45, 7) is 6.93. The number of hydrogen-bond donors (Lipinski definition) is 2. The third kappa shape index (κ3) is 3.35. The minimum absolute atomic E-state index is 0.0990. The fourth-order valence-electron chi connectivity index (χ4n) is 2.43. The van der Waals surface area contributed by atoms with E-state index in [1.165, 1.54) is 11.1 Å². The van der Waals surface area contributed by atoms with Crippen LogP contribution in [0.15, 0.2) is 24.3 Å². The standard InChI is InChI=1S/C16H24N2O/c1-4-11(2)18-16(19)12(3)17-10-14-9-13-7-5-6-8-15(13)14/h5-8,11-12,14,17H,4,9-10H2,1-3H3,(H,18,19). The topological polar surface area (TPSA) is 41.1 Å². The second-order valence-corrected chi connectivity index (χ2v) is 5.55. The summed E-state index contributed by atoms with van der Waals surface area (Å²) in [4.78, 5) is 11.9. The van der Waals surface area contributed by atoms with Crippen molar-refractivity contribution >= 4 is 5.91 Å². The first-order chi connectivity index (χ1) is 9.11. The average Bonchev–Trinajstić information content (AvgIpc) is 2.39. The highest BCUT2D eigenvalue weighted by molar-refractivity contribution is 5.81. The summed E-state index contributed by atoms with van der Waals surface area (Å²) < 4.78 is 0. The molecule has 0 fully saturated rings. The molecule has 0 bridgehead atoms. The average molecular weight is 260 g/mol. The Morgan fingerprint density at radius 1 is 1.37 bits per heavy atom. The summed E-state index contributed by atoms with van der Waals surface area (Å²) in [5.74, 6) is 0.664. The maximum atomic E-state index is 11.9. The zero-order valence-corrected chi connectivity index (χ0v) is 12.1. The van der Waals surface area contributed by atoms with E-state index < -0.39 is 0 Å². The number of hydrogen-bond acceptors (Lipinski definition) is 2. The lowest BCUT2D eigenvalue weighted by Gasteiger charge is -2.31. The lowest BCUT2D eigenvalue weighted by Crippen LogP contribution is -2.47. The first-order valence-electron chi connectivity index (χ1n) is 7.23. The molecule has 3 unspecified atom stereocenters. The van der Waals surface area contributed by atoms with Gasteiger partial charge in [0.05, 0.1) is 6.04 Å². The zero-order valence-electron chi connectivity index (χ0n) is 12.1. The smallest absolute Gasteiger partial charge is 0.237 e. The number of carbonyl (C=O) groups is 1. The van der Waals surface area contributed by atoms with E-state index in [1.54, 1.807) is 0 Å². The number of carbonyl (C=O) groups excluding carboxylic acids is 1. The van der Waals surface area contributed by atoms with Crippen LogP contribution in [0.4, 0.5) is 0 Å². The molecule has 0 aromatic heterocycles. The van der Waals surface area contributed by atoms with Crippen LogP contribution in [0.3, 0.4) is 0 Å². The van der Waals surface area contributed by atoms with Gasteiger partial charge in [0.1, 0.15) is 0 Å². The maximum absolute atomic E-state index is 11.9. The van der Waals surface area contributed by atoms with Crippen LogP contribution in [0.5, 0.6) is 0 Å². The van der Waals surface area contributed by atoms with Gasteiger partial charge in [-0.05, 0) is 37.8 Å². The molecular formula is C16H24N2O. The molecule has 104 valence electrons. The molecule has 0 saturated heterocycles. The van der Waals surface area contributed by atoms with Crippen molar-refractivity contribution in [3.8, 4) is 0 Å². The summed E-state index contributed by atoms with van der Waals surface area (Å²) >= 11 is 0. The van der Waals surface area contributed by atoms with Gasteiger partial charge in [-0.3, -0.25) is 4.79 Å². The second-order valence-electron chi connectivity index (χ2n) is 5.55. The lowest BCUT2D eigenvalue weighted by molar-refractivity contribution is -0.123. The van der Waals surface area contributed by atoms with Crippen LogP contribution in [-0.4, -0.2) is 24.5 Å². The molecule has 19 heavy (non-hydrogen) atoms. The largest absolute Gasteiger partial charge is 0.352 e. The van der Waals surface area contributed by atoms with Crippen LogP contribution in [0, 0.1) is 0 Å². The van der Waals surface area contributed by atoms with Gasteiger partial charge < -0.3 is 10.6 Å². The highest BCUT2D eigenvalue weighted by Gasteiger charge is 2.26. The Kier molecular flexibility index (Phi) is 4.59. The molecule has 0 aliphatic heterocycles. The van der Waals surface area contributed by atoms with Crippen molar-refractivity contribution in [2.75, 3.05) is 6.54 Å². The Morgan fingerprint density at radius 2 is 2.11 bits per heavy atom. The molecule has 1 aromatic carbocycles. The van der Waals surface area contributed by atoms with E-state index >= 15 is 0 Å². The SMILES string of the molecule is CCC(C)NC(=O)C(C)NCC1Cc2ccccc21. The highest BCUT2D eigenvalue weighted by Crippen LogP contribution is 2.33. The molecule has 2 N–H and O–H groups in total. The fraction of sp³-hybridized carbons (Fsp3) is 0.562. The van der Waals surface area contributed by atoms with E-state index in [-0.39, 0.29) is 18.0 Å². The number of fused-ring (bicyclic) bond motifs is 1. The first-order valence-corrected chi connectivity index (χ1v) is 7.23. The van der Waals surface area contributed by atoms with Crippen molar-refractivity contribution in [3.05, 3.63) is 35.4 Å². The number of amides is 1. The van der Waals surface area contributed by atoms with Crippen LogP contribution < -0.4 is 10.6 Å². The zero-order chi connectivity index (χ0) is 13.8. The minimum Gasteiger partial charge on any atom is -0.352 e. The molecule has 2 rings (SSSR count). The van der Waals surface area contributed by atoms with E-state index in [2.05, 4.69) is 41.8 Å². The van der Waals surface area contributed by atoms with E-state index in [1.807, 2.05) is 13.8 Å². The van der Waals surface area contributed by atoms with Gasteiger partial charge in [0, 0.05) is 18.5 Å². The van der Waals surface area contributed by atoms with E-state index in [0.29, 0.717) is 5.92 Å². The molecule has 1 amide bonds.